The molecule has 0 radical (unpaired) electrons. The number of hydrogen-bond acceptors (Lipinski definition) is 3. The molecule has 0 saturated heterocycles. The Bertz CT molecular complexity index is 581. The zero-order chi connectivity index (χ0) is 11.4. The van der Waals surface area contributed by atoms with Gasteiger partial charge in [-0.05, 0) is 5.56 Å². The van der Waals surface area contributed by atoms with Gasteiger partial charge in [-0.15, -0.1) is 0 Å². The van der Waals surface area contributed by atoms with Crippen molar-refractivity contribution in [1.29, 1.82) is 5.26 Å². The third-order valence-electron chi connectivity index (χ3n) is 2.18. The second-order valence-electron chi connectivity index (χ2n) is 3.36. The summed E-state index contributed by atoms with van der Waals surface area (Å²) in [6, 6.07) is 12.0. The van der Waals surface area contributed by atoms with Gasteiger partial charge in [0.2, 0.25) is 0 Å². The number of nitrogens with zero attached hydrogens (tertiary/aromatic N) is 3. The fourth-order valence-corrected chi connectivity index (χ4v) is 1.55. The second-order valence-corrected chi connectivity index (χ2v) is 3.75. The van der Waals surface area contributed by atoms with Gasteiger partial charge < -0.3 is 4.57 Å². The minimum Gasteiger partial charge on any atom is -0.333 e. The first-order chi connectivity index (χ1) is 7.79. The van der Waals surface area contributed by atoms with Crippen LogP contribution in [0.25, 0.3) is 0 Å². The largest absolute Gasteiger partial charge is 0.333 e. The van der Waals surface area contributed by atoms with Crippen LogP contribution in [0, 0.1) is 16.0 Å². The maximum Gasteiger partial charge on any atom is 0.147 e. The van der Waals surface area contributed by atoms with Gasteiger partial charge in [0.25, 0.3) is 0 Å². The predicted molar refractivity (Wildman–Crippen MR) is 63.3 cm³/mol. The Hall–Kier alpha value is -1.99. The number of nitriles is 1. The maximum absolute atomic E-state index is 8.84. The molecule has 1 aromatic heterocycles. The van der Waals surface area contributed by atoms with E-state index in [-0.39, 0.29) is 0 Å². The van der Waals surface area contributed by atoms with Gasteiger partial charge in [-0.2, -0.15) is 5.26 Å². The minimum absolute atomic E-state index is 0.354. The van der Waals surface area contributed by atoms with E-state index in [1.165, 1.54) is 0 Å². The van der Waals surface area contributed by atoms with Crippen molar-refractivity contribution in [2.75, 3.05) is 0 Å². The maximum atomic E-state index is 8.84. The molecule has 0 amide bonds. The van der Waals surface area contributed by atoms with Crippen LogP contribution in [-0.4, -0.2) is 9.55 Å². The van der Waals surface area contributed by atoms with E-state index in [2.05, 4.69) is 4.98 Å². The molecule has 16 heavy (non-hydrogen) atoms. The minimum atomic E-state index is 0.354. The van der Waals surface area contributed by atoms with Gasteiger partial charge in [-0.1, -0.05) is 42.5 Å². The van der Waals surface area contributed by atoms with Gasteiger partial charge >= 0.3 is 0 Å². The van der Waals surface area contributed by atoms with Crippen LogP contribution in [0.1, 0.15) is 11.1 Å². The normalized spacial score (nSPS) is 9.69. The molecule has 0 fully saturated rings. The summed E-state index contributed by atoms with van der Waals surface area (Å²) < 4.78 is 2.20. The SMILES string of the molecule is N#Cc1cn(Cc2ccccc2)cnc1=S. The molecule has 78 valence electrons. The standard InChI is InChI=1S/C12H9N3S/c13-6-11-8-15(9-14-12(11)16)7-10-4-2-1-3-5-10/h1-5,8-9H,7H2. The molecule has 2 aromatic rings. The van der Waals surface area contributed by atoms with Crippen molar-refractivity contribution in [3.05, 3.63) is 58.6 Å². The van der Waals surface area contributed by atoms with E-state index in [0.29, 0.717) is 16.7 Å². The highest BCUT2D eigenvalue weighted by Crippen LogP contribution is 2.04. The lowest BCUT2D eigenvalue weighted by Gasteiger charge is -2.05. The summed E-state index contributed by atoms with van der Waals surface area (Å²) in [6.45, 7) is 0.693. The average molecular weight is 227 g/mol. The van der Waals surface area contributed by atoms with Crippen LogP contribution in [0.15, 0.2) is 42.9 Å². The van der Waals surface area contributed by atoms with Gasteiger partial charge in [0.05, 0.1) is 6.33 Å². The lowest BCUT2D eigenvalue weighted by atomic mass is 10.2. The third-order valence-corrected chi connectivity index (χ3v) is 2.50. The van der Waals surface area contributed by atoms with Gasteiger partial charge in [0.1, 0.15) is 16.3 Å². The molecule has 0 unspecified atom stereocenters. The van der Waals surface area contributed by atoms with Crippen molar-refractivity contribution in [3.63, 3.8) is 0 Å². The second kappa shape index (κ2) is 4.69. The van der Waals surface area contributed by atoms with Crippen molar-refractivity contribution in [2.24, 2.45) is 0 Å². The van der Waals surface area contributed by atoms with Crippen LogP contribution >= 0.6 is 12.2 Å². The lowest BCUT2D eigenvalue weighted by molar-refractivity contribution is 0.761. The molecular weight excluding hydrogens is 218 g/mol. The number of hydrogen-bond donors (Lipinski definition) is 0. The van der Waals surface area contributed by atoms with Crippen molar-refractivity contribution in [1.82, 2.24) is 9.55 Å². The highest BCUT2D eigenvalue weighted by atomic mass is 32.1. The third kappa shape index (κ3) is 2.33. The molecule has 0 spiro atoms. The first kappa shape index (κ1) is 10.5. The van der Waals surface area contributed by atoms with E-state index in [4.69, 9.17) is 17.5 Å². The Morgan fingerprint density at radius 3 is 2.75 bits per heavy atom. The molecular formula is C12H9N3S. The molecule has 0 N–H and O–H groups in total. The summed E-state index contributed by atoms with van der Waals surface area (Å²) in [6.07, 6.45) is 3.37. The van der Waals surface area contributed by atoms with Crippen LogP contribution < -0.4 is 0 Å². The number of rotatable bonds is 2. The monoisotopic (exact) mass is 227 g/mol. The zero-order valence-corrected chi connectivity index (χ0v) is 9.31. The highest BCUT2D eigenvalue weighted by Gasteiger charge is 1.98. The summed E-state index contributed by atoms with van der Waals surface area (Å²) in [5, 5.41) is 8.84. The summed E-state index contributed by atoms with van der Waals surface area (Å²) in [5.74, 6) is 0. The van der Waals surface area contributed by atoms with Crippen LogP contribution in [0.5, 0.6) is 0 Å². The molecule has 1 aromatic carbocycles. The lowest BCUT2D eigenvalue weighted by Crippen LogP contribution is -2.02. The molecule has 0 saturated carbocycles. The Kier molecular flexibility index (Phi) is 3.08. The highest BCUT2D eigenvalue weighted by molar-refractivity contribution is 7.71. The van der Waals surface area contributed by atoms with Gasteiger partial charge in [-0.3, -0.25) is 0 Å². The molecule has 4 heteroatoms. The molecule has 1 heterocycles. The Morgan fingerprint density at radius 2 is 2.06 bits per heavy atom. The summed E-state index contributed by atoms with van der Waals surface area (Å²) in [7, 11) is 0. The summed E-state index contributed by atoms with van der Waals surface area (Å²) in [5.41, 5.74) is 1.60. The average Bonchev–Trinajstić information content (AvgIpc) is 2.33. The van der Waals surface area contributed by atoms with E-state index >= 15 is 0 Å². The molecule has 0 atom stereocenters. The van der Waals surface area contributed by atoms with E-state index < -0.39 is 0 Å². The van der Waals surface area contributed by atoms with Crippen LogP contribution in [-0.2, 0) is 6.54 Å². The Balaban J connectivity index is 2.30. The van der Waals surface area contributed by atoms with Crippen LogP contribution in [0.2, 0.25) is 0 Å². The van der Waals surface area contributed by atoms with Crippen molar-refractivity contribution < 1.29 is 0 Å². The van der Waals surface area contributed by atoms with Crippen molar-refractivity contribution >= 4 is 12.2 Å². The Labute approximate surface area is 98.6 Å². The van der Waals surface area contributed by atoms with Crippen LogP contribution in [0.4, 0.5) is 0 Å². The molecule has 0 bridgehead atoms. The van der Waals surface area contributed by atoms with E-state index in [0.717, 1.165) is 5.56 Å². The van der Waals surface area contributed by atoms with Crippen LogP contribution in [0.3, 0.4) is 0 Å². The van der Waals surface area contributed by atoms with Gasteiger partial charge in [-0.25, -0.2) is 4.98 Å². The molecule has 0 aliphatic rings. The van der Waals surface area contributed by atoms with E-state index in [1.807, 2.05) is 41.0 Å². The fraction of sp³-hybridized carbons (Fsp3) is 0.0833. The van der Waals surface area contributed by atoms with E-state index in [9.17, 15) is 0 Å². The van der Waals surface area contributed by atoms with Gasteiger partial charge in [0.15, 0.2) is 0 Å². The Morgan fingerprint density at radius 1 is 1.31 bits per heavy atom. The first-order valence-corrected chi connectivity index (χ1v) is 5.20. The number of benzene rings is 1. The zero-order valence-electron chi connectivity index (χ0n) is 8.50. The van der Waals surface area contributed by atoms with Crippen molar-refractivity contribution in [2.45, 2.75) is 6.54 Å². The van der Waals surface area contributed by atoms with Gasteiger partial charge in [0, 0.05) is 12.7 Å². The topological polar surface area (TPSA) is 41.6 Å². The van der Waals surface area contributed by atoms with Crippen molar-refractivity contribution in [3.8, 4) is 6.07 Å². The molecule has 0 aliphatic heterocycles. The quantitative estimate of drug-likeness (QED) is 0.740. The summed E-state index contributed by atoms with van der Waals surface area (Å²) >= 11 is 4.93. The van der Waals surface area contributed by atoms with E-state index in [1.54, 1.807) is 12.5 Å². The molecule has 0 aliphatic carbocycles. The fourth-order valence-electron chi connectivity index (χ4n) is 1.41. The summed E-state index contributed by atoms with van der Waals surface area (Å²) in [4.78, 5) is 4.00. The first-order valence-electron chi connectivity index (χ1n) is 4.80. The molecule has 2 rings (SSSR count). The predicted octanol–water partition coefficient (Wildman–Crippen LogP) is 2.53. The number of aromatic nitrogens is 2. The molecule has 3 nitrogen and oxygen atoms in total. The smallest absolute Gasteiger partial charge is 0.147 e.